The molecular weight excluding hydrogens is 415 g/mol. The molecule has 1 saturated heterocycles. The molecular formula is C28H33FN2O2. The molecule has 1 aromatic carbocycles. The minimum absolute atomic E-state index is 0.104. The van der Waals surface area contributed by atoms with Gasteiger partial charge in [-0.05, 0) is 93.9 Å². The number of furan rings is 1. The van der Waals surface area contributed by atoms with E-state index in [2.05, 4.69) is 9.88 Å². The fourth-order valence-electron chi connectivity index (χ4n) is 5.89. The number of likely N-dealkylation sites (tertiary alicyclic amines) is 1. The third kappa shape index (κ3) is 4.89. The Labute approximate surface area is 195 Å². The average molecular weight is 449 g/mol. The summed E-state index contributed by atoms with van der Waals surface area (Å²) in [6.07, 6.45) is 11.8. The lowest BCUT2D eigenvalue weighted by molar-refractivity contribution is -0.124. The number of hydrogen-bond donors (Lipinski definition) is 0. The van der Waals surface area contributed by atoms with Crippen molar-refractivity contribution < 1.29 is 13.6 Å². The van der Waals surface area contributed by atoms with Crippen LogP contribution in [0.15, 0.2) is 53.3 Å². The molecule has 0 spiro atoms. The van der Waals surface area contributed by atoms with Gasteiger partial charge in [-0.2, -0.15) is 0 Å². The van der Waals surface area contributed by atoms with Gasteiger partial charge in [0.15, 0.2) is 0 Å². The first-order chi connectivity index (χ1) is 16.2. The van der Waals surface area contributed by atoms with Crippen LogP contribution in [0.25, 0.3) is 11.0 Å². The minimum Gasteiger partial charge on any atom is -0.464 e. The quantitative estimate of drug-likeness (QED) is 0.416. The van der Waals surface area contributed by atoms with Gasteiger partial charge < -0.3 is 9.32 Å². The van der Waals surface area contributed by atoms with Crippen molar-refractivity contribution in [3.63, 3.8) is 0 Å². The van der Waals surface area contributed by atoms with E-state index in [-0.39, 0.29) is 17.7 Å². The smallest absolute Gasteiger partial charge is 0.145 e. The molecule has 1 aliphatic carbocycles. The van der Waals surface area contributed by atoms with Gasteiger partial charge in [-0.3, -0.25) is 9.78 Å². The van der Waals surface area contributed by atoms with Crippen LogP contribution >= 0.6 is 0 Å². The highest BCUT2D eigenvalue weighted by Crippen LogP contribution is 2.36. The van der Waals surface area contributed by atoms with Crippen LogP contribution in [0, 0.1) is 11.7 Å². The maximum atomic E-state index is 14.1. The Hall–Kier alpha value is -2.53. The van der Waals surface area contributed by atoms with Gasteiger partial charge in [-0.25, -0.2) is 4.39 Å². The largest absolute Gasteiger partial charge is 0.464 e. The number of aromatic nitrogens is 1. The van der Waals surface area contributed by atoms with E-state index in [1.165, 1.54) is 12.8 Å². The summed E-state index contributed by atoms with van der Waals surface area (Å²) in [5, 5.41) is 0.581. The number of carbonyl (C=O) groups is 1. The third-order valence-corrected chi connectivity index (χ3v) is 7.73. The van der Waals surface area contributed by atoms with Crippen molar-refractivity contribution in [3.8, 4) is 0 Å². The first-order valence-electron chi connectivity index (χ1n) is 12.5. The van der Waals surface area contributed by atoms with Crippen LogP contribution in [0.3, 0.4) is 0 Å². The Kier molecular flexibility index (Phi) is 6.86. The number of carbonyl (C=O) groups excluding carboxylic acids is 1. The second-order valence-corrected chi connectivity index (χ2v) is 9.75. The van der Waals surface area contributed by atoms with Crippen LogP contribution in [0.1, 0.15) is 74.5 Å². The summed E-state index contributed by atoms with van der Waals surface area (Å²) in [6.45, 7) is 2.92. The summed E-state index contributed by atoms with van der Waals surface area (Å²) in [7, 11) is 0. The SMILES string of the molecule is O=C(C1CCCC1)C(CCN1CCCC(c2ccc(F)c3ccoc23)CC1)c1ccccn1. The number of pyridine rings is 1. The highest BCUT2D eigenvalue weighted by molar-refractivity contribution is 5.87. The van der Waals surface area contributed by atoms with Gasteiger partial charge in [0.2, 0.25) is 0 Å². The van der Waals surface area contributed by atoms with Gasteiger partial charge in [0, 0.05) is 12.1 Å². The molecule has 5 rings (SSSR count). The number of ketones is 1. The van der Waals surface area contributed by atoms with E-state index in [0.717, 1.165) is 69.4 Å². The van der Waals surface area contributed by atoms with Crippen LogP contribution in [-0.2, 0) is 4.79 Å². The van der Waals surface area contributed by atoms with E-state index in [1.807, 2.05) is 24.3 Å². The molecule has 2 atom stereocenters. The van der Waals surface area contributed by atoms with E-state index in [9.17, 15) is 9.18 Å². The molecule has 2 unspecified atom stereocenters. The van der Waals surface area contributed by atoms with Crippen molar-refractivity contribution in [2.24, 2.45) is 5.92 Å². The molecule has 2 aromatic heterocycles. The van der Waals surface area contributed by atoms with Crippen LogP contribution in [0.4, 0.5) is 4.39 Å². The van der Waals surface area contributed by atoms with Crippen LogP contribution in [0.2, 0.25) is 0 Å². The summed E-state index contributed by atoms with van der Waals surface area (Å²) in [5.41, 5.74) is 2.75. The molecule has 1 aliphatic heterocycles. The number of nitrogens with zero attached hydrogens (tertiary/aromatic N) is 2. The van der Waals surface area contributed by atoms with Crippen LogP contribution in [-0.4, -0.2) is 35.3 Å². The summed E-state index contributed by atoms with van der Waals surface area (Å²) >= 11 is 0. The van der Waals surface area contributed by atoms with Crippen molar-refractivity contribution >= 4 is 16.8 Å². The molecule has 2 fully saturated rings. The van der Waals surface area contributed by atoms with Crippen molar-refractivity contribution in [3.05, 3.63) is 65.9 Å². The van der Waals surface area contributed by atoms with Crippen molar-refractivity contribution in [1.29, 1.82) is 0 Å². The van der Waals surface area contributed by atoms with Crippen molar-refractivity contribution in [2.45, 2.75) is 63.2 Å². The molecule has 2 aliphatic rings. The number of hydrogen-bond acceptors (Lipinski definition) is 4. The van der Waals surface area contributed by atoms with Crippen molar-refractivity contribution in [2.75, 3.05) is 19.6 Å². The fraction of sp³-hybridized carbons (Fsp3) is 0.500. The molecule has 1 saturated carbocycles. The zero-order valence-corrected chi connectivity index (χ0v) is 19.2. The summed E-state index contributed by atoms with van der Waals surface area (Å²) in [6, 6.07) is 11.1. The maximum Gasteiger partial charge on any atom is 0.145 e. The summed E-state index contributed by atoms with van der Waals surface area (Å²) in [4.78, 5) is 20.4. The van der Waals surface area contributed by atoms with Crippen LogP contribution in [0.5, 0.6) is 0 Å². The predicted molar refractivity (Wildman–Crippen MR) is 128 cm³/mol. The van der Waals surface area contributed by atoms with E-state index in [4.69, 9.17) is 4.42 Å². The Morgan fingerprint density at radius 2 is 1.94 bits per heavy atom. The minimum atomic E-state index is -0.217. The van der Waals surface area contributed by atoms with Gasteiger partial charge in [0.1, 0.15) is 17.2 Å². The van der Waals surface area contributed by atoms with E-state index < -0.39 is 0 Å². The molecule has 0 amide bonds. The molecule has 5 heteroatoms. The van der Waals surface area contributed by atoms with Crippen LogP contribution < -0.4 is 0 Å². The van der Waals surface area contributed by atoms with E-state index in [0.29, 0.717) is 22.7 Å². The number of halogens is 1. The lowest BCUT2D eigenvalue weighted by Crippen LogP contribution is -2.30. The topological polar surface area (TPSA) is 46.3 Å². The first-order valence-corrected chi connectivity index (χ1v) is 12.5. The molecule has 3 heterocycles. The molecule has 0 radical (unpaired) electrons. The predicted octanol–water partition coefficient (Wildman–Crippen LogP) is 6.47. The Bertz CT molecular complexity index is 1070. The van der Waals surface area contributed by atoms with Gasteiger partial charge in [0.25, 0.3) is 0 Å². The second-order valence-electron chi connectivity index (χ2n) is 9.75. The molecule has 0 bridgehead atoms. The number of fused-ring (bicyclic) bond motifs is 1. The van der Waals surface area contributed by atoms with E-state index >= 15 is 0 Å². The van der Waals surface area contributed by atoms with E-state index in [1.54, 1.807) is 24.6 Å². The maximum absolute atomic E-state index is 14.1. The number of rotatable bonds is 7. The number of Topliss-reactive ketones (excluding diaryl/α,β-unsaturated/α-hetero) is 1. The molecule has 33 heavy (non-hydrogen) atoms. The normalized spacial score (nSPS) is 21.3. The van der Waals surface area contributed by atoms with Crippen molar-refractivity contribution in [1.82, 2.24) is 9.88 Å². The van der Waals surface area contributed by atoms with Gasteiger partial charge in [0.05, 0.1) is 23.3 Å². The zero-order valence-electron chi connectivity index (χ0n) is 19.2. The fourth-order valence-corrected chi connectivity index (χ4v) is 5.89. The van der Waals surface area contributed by atoms with Gasteiger partial charge >= 0.3 is 0 Å². The standard InChI is InChI=1S/C28H33FN2O2/c29-25-11-10-22(28-23(25)14-19-33-28)20-8-5-16-31(17-12-20)18-13-24(26-9-3-4-15-30-26)27(32)21-6-1-2-7-21/h3-4,9-11,14-15,19-21,24H,1-2,5-8,12-13,16-18H2. The lowest BCUT2D eigenvalue weighted by atomic mass is 9.86. The molecule has 4 nitrogen and oxygen atoms in total. The van der Waals surface area contributed by atoms with Gasteiger partial charge in [-0.1, -0.05) is 25.0 Å². The second kappa shape index (κ2) is 10.2. The highest BCUT2D eigenvalue weighted by Gasteiger charge is 2.31. The molecule has 174 valence electrons. The first kappa shape index (κ1) is 22.3. The van der Waals surface area contributed by atoms with Gasteiger partial charge in [-0.15, -0.1) is 0 Å². The monoisotopic (exact) mass is 448 g/mol. The Morgan fingerprint density at radius 3 is 2.76 bits per heavy atom. The molecule has 3 aromatic rings. The highest BCUT2D eigenvalue weighted by atomic mass is 19.1. The summed E-state index contributed by atoms with van der Waals surface area (Å²) < 4.78 is 19.8. The zero-order chi connectivity index (χ0) is 22.6. The average Bonchev–Trinajstić information content (AvgIpc) is 3.50. The molecule has 0 N–H and O–H groups in total. The Morgan fingerprint density at radius 1 is 1.06 bits per heavy atom. The lowest BCUT2D eigenvalue weighted by Gasteiger charge is -2.24. The third-order valence-electron chi connectivity index (χ3n) is 7.73. The summed E-state index contributed by atoms with van der Waals surface area (Å²) in [5.74, 6) is 0.652. The Balaban J connectivity index is 1.25. The number of benzene rings is 1.